The molecular weight excluding hydrogens is 341 g/mol. The maximum Gasteiger partial charge on any atom is 0.146 e. The number of pyridine rings is 1. The molecule has 0 aliphatic carbocycles. The van der Waals surface area contributed by atoms with Crippen molar-refractivity contribution < 1.29 is 0 Å². The van der Waals surface area contributed by atoms with Crippen LogP contribution in [0.15, 0.2) is 30.7 Å². The Hall–Kier alpha value is -1.70. The molecule has 0 fully saturated rings. The number of hydrogen-bond acceptors (Lipinski definition) is 4. The highest BCUT2D eigenvalue weighted by molar-refractivity contribution is 14.1. The molecule has 0 aliphatic heterocycles. The van der Waals surface area contributed by atoms with Crippen LogP contribution in [0.3, 0.4) is 0 Å². The van der Waals surface area contributed by atoms with Gasteiger partial charge in [0.15, 0.2) is 0 Å². The average Bonchev–Trinajstić information content (AvgIpc) is 2.65. The van der Waals surface area contributed by atoms with Crippen LogP contribution < -0.4 is 5.73 Å². The van der Waals surface area contributed by atoms with Gasteiger partial charge in [0.05, 0.1) is 14.8 Å². The van der Waals surface area contributed by atoms with Gasteiger partial charge in [0.25, 0.3) is 0 Å². The summed E-state index contributed by atoms with van der Waals surface area (Å²) in [6.45, 7) is 0. The van der Waals surface area contributed by atoms with Crippen molar-refractivity contribution in [3.05, 3.63) is 34.4 Å². The van der Waals surface area contributed by atoms with Crippen LogP contribution in [0.2, 0.25) is 0 Å². The van der Waals surface area contributed by atoms with Crippen molar-refractivity contribution in [3.63, 3.8) is 0 Å². The van der Waals surface area contributed by atoms with Gasteiger partial charge in [0.2, 0.25) is 0 Å². The Morgan fingerprint density at radius 2 is 2.06 bits per heavy atom. The fraction of sp³-hybridized carbons (Fsp3) is 0.0833. The van der Waals surface area contributed by atoms with Crippen LogP contribution >= 0.6 is 22.6 Å². The van der Waals surface area contributed by atoms with Crippen molar-refractivity contribution in [2.24, 2.45) is 7.05 Å². The van der Waals surface area contributed by atoms with E-state index in [2.05, 4.69) is 37.5 Å². The van der Waals surface area contributed by atoms with Gasteiger partial charge in [-0.3, -0.25) is 4.98 Å². The van der Waals surface area contributed by atoms with E-state index in [0.29, 0.717) is 5.82 Å². The van der Waals surface area contributed by atoms with Gasteiger partial charge in [-0.15, -0.1) is 0 Å². The van der Waals surface area contributed by atoms with Crippen molar-refractivity contribution >= 4 is 39.4 Å². The second-order valence-electron chi connectivity index (χ2n) is 3.90. The molecule has 90 valence electrons. The Kier molecular flexibility index (Phi) is 2.66. The number of rotatable bonds is 1. The molecule has 0 spiro atoms. The number of halogens is 1. The Morgan fingerprint density at radius 3 is 2.78 bits per heavy atom. The topological polar surface area (TPSA) is 69.6 Å². The zero-order valence-corrected chi connectivity index (χ0v) is 11.8. The first-order chi connectivity index (χ1) is 8.70. The second kappa shape index (κ2) is 4.20. The van der Waals surface area contributed by atoms with E-state index in [1.54, 1.807) is 6.20 Å². The number of nitrogen functional groups attached to an aromatic ring is 1. The first kappa shape index (κ1) is 11.4. The molecule has 0 bridgehead atoms. The Bertz CT molecular complexity index is 720. The normalized spacial score (nSPS) is 11.0. The lowest BCUT2D eigenvalue weighted by Crippen LogP contribution is -1.95. The maximum atomic E-state index is 5.98. The van der Waals surface area contributed by atoms with Crippen molar-refractivity contribution in [3.8, 4) is 11.3 Å². The highest BCUT2D eigenvalue weighted by Gasteiger charge is 2.19. The first-order valence-electron chi connectivity index (χ1n) is 5.36. The summed E-state index contributed by atoms with van der Waals surface area (Å²) >= 11 is 2.28. The van der Waals surface area contributed by atoms with Gasteiger partial charge >= 0.3 is 0 Å². The number of aromatic nitrogens is 4. The van der Waals surface area contributed by atoms with Crippen molar-refractivity contribution in [2.45, 2.75) is 0 Å². The molecular formula is C12H10IN5. The van der Waals surface area contributed by atoms with Gasteiger partial charge in [0, 0.05) is 18.8 Å². The zero-order valence-electron chi connectivity index (χ0n) is 9.63. The summed E-state index contributed by atoms with van der Waals surface area (Å²) in [6, 6.07) is 5.81. The van der Waals surface area contributed by atoms with Crippen LogP contribution in [-0.4, -0.2) is 19.5 Å². The molecule has 5 nitrogen and oxygen atoms in total. The molecule has 0 saturated heterocycles. The van der Waals surface area contributed by atoms with E-state index < -0.39 is 0 Å². The van der Waals surface area contributed by atoms with Gasteiger partial charge in [-0.25, -0.2) is 9.97 Å². The quantitative estimate of drug-likeness (QED) is 0.683. The monoisotopic (exact) mass is 351 g/mol. The van der Waals surface area contributed by atoms with E-state index >= 15 is 0 Å². The second-order valence-corrected chi connectivity index (χ2v) is 4.92. The van der Waals surface area contributed by atoms with Crippen molar-refractivity contribution in [2.75, 3.05) is 5.73 Å². The summed E-state index contributed by atoms with van der Waals surface area (Å²) < 4.78 is 3.05. The molecule has 3 aromatic heterocycles. The standard InChI is InChI=1S/C12H10IN5/c1-18-10(13)8(7-4-2-3-5-15-7)9-11(14)16-6-17-12(9)18/h2-6H,1H3,(H2,14,16,17). The number of hydrogen-bond donors (Lipinski definition) is 1. The van der Waals surface area contributed by atoms with Crippen LogP contribution in [0.5, 0.6) is 0 Å². The molecule has 3 rings (SSSR count). The predicted molar refractivity (Wildman–Crippen MR) is 78.9 cm³/mol. The third-order valence-electron chi connectivity index (χ3n) is 2.85. The van der Waals surface area contributed by atoms with Crippen LogP contribution in [0, 0.1) is 3.70 Å². The minimum absolute atomic E-state index is 0.485. The summed E-state index contributed by atoms with van der Waals surface area (Å²) in [5, 5.41) is 0.864. The van der Waals surface area contributed by atoms with Crippen molar-refractivity contribution in [1.29, 1.82) is 0 Å². The Morgan fingerprint density at radius 1 is 1.22 bits per heavy atom. The highest BCUT2D eigenvalue weighted by Crippen LogP contribution is 2.35. The molecule has 3 heterocycles. The van der Waals surface area contributed by atoms with Crippen LogP contribution in [-0.2, 0) is 7.05 Å². The number of fused-ring (bicyclic) bond motifs is 1. The number of nitrogens with two attached hydrogens (primary N) is 1. The maximum absolute atomic E-state index is 5.98. The smallest absolute Gasteiger partial charge is 0.146 e. The number of nitrogens with zero attached hydrogens (tertiary/aromatic N) is 4. The molecule has 0 unspecified atom stereocenters. The third kappa shape index (κ3) is 1.56. The summed E-state index contributed by atoms with van der Waals surface area (Å²) in [5.74, 6) is 0.485. The number of aryl methyl sites for hydroxylation is 1. The van der Waals surface area contributed by atoms with Gasteiger partial charge in [-0.05, 0) is 34.7 Å². The highest BCUT2D eigenvalue weighted by atomic mass is 127. The predicted octanol–water partition coefficient (Wildman–Crippen LogP) is 2.22. The first-order valence-corrected chi connectivity index (χ1v) is 6.43. The van der Waals surface area contributed by atoms with Gasteiger partial charge in [-0.1, -0.05) is 6.07 Å². The Balaban J connectivity index is 2.46. The van der Waals surface area contributed by atoms with Crippen LogP contribution in [0.4, 0.5) is 5.82 Å². The average molecular weight is 351 g/mol. The fourth-order valence-corrected chi connectivity index (χ4v) is 2.77. The largest absolute Gasteiger partial charge is 0.383 e. The molecule has 0 radical (unpaired) electrons. The molecule has 0 amide bonds. The summed E-state index contributed by atoms with van der Waals surface area (Å²) in [6.07, 6.45) is 3.25. The zero-order chi connectivity index (χ0) is 12.7. The lowest BCUT2D eigenvalue weighted by atomic mass is 10.1. The van der Waals surface area contributed by atoms with Crippen molar-refractivity contribution in [1.82, 2.24) is 19.5 Å². The lowest BCUT2D eigenvalue weighted by molar-refractivity contribution is 0.916. The molecule has 0 saturated carbocycles. The van der Waals surface area contributed by atoms with Crippen LogP contribution in [0.1, 0.15) is 0 Å². The lowest BCUT2D eigenvalue weighted by Gasteiger charge is -2.00. The van der Waals surface area contributed by atoms with E-state index in [4.69, 9.17) is 5.73 Å². The minimum atomic E-state index is 0.485. The summed E-state index contributed by atoms with van der Waals surface area (Å²) in [4.78, 5) is 12.7. The molecule has 3 aromatic rings. The SMILES string of the molecule is Cn1c(I)c(-c2ccccn2)c2c(N)ncnc21. The summed E-state index contributed by atoms with van der Waals surface area (Å²) in [7, 11) is 1.96. The van der Waals surface area contributed by atoms with Gasteiger partial charge < -0.3 is 10.3 Å². The third-order valence-corrected chi connectivity index (χ3v) is 4.11. The van der Waals surface area contributed by atoms with E-state index in [9.17, 15) is 0 Å². The van der Waals surface area contributed by atoms with E-state index in [0.717, 1.165) is 26.0 Å². The van der Waals surface area contributed by atoms with Gasteiger partial charge in [0.1, 0.15) is 17.8 Å². The van der Waals surface area contributed by atoms with E-state index in [-0.39, 0.29) is 0 Å². The molecule has 18 heavy (non-hydrogen) atoms. The van der Waals surface area contributed by atoms with Crippen LogP contribution in [0.25, 0.3) is 22.3 Å². The molecule has 6 heteroatoms. The minimum Gasteiger partial charge on any atom is -0.383 e. The van der Waals surface area contributed by atoms with E-state index in [1.165, 1.54) is 6.33 Å². The molecule has 0 atom stereocenters. The molecule has 0 aliphatic rings. The summed E-state index contributed by atoms with van der Waals surface area (Å²) in [5.41, 5.74) is 8.68. The number of anilines is 1. The fourth-order valence-electron chi connectivity index (χ4n) is 1.99. The van der Waals surface area contributed by atoms with E-state index in [1.807, 2.05) is 29.8 Å². The Labute approximate surface area is 117 Å². The van der Waals surface area contributed by atoms with Gasteiger partial charge in [-0.2, -0.15) is 0 Å². The molecule has 2 N–H and O–H groups in total. The molecule has 0 aromatic carbocycles.